The van der Waals surface area contributed by atoms with Crippen LogP contribution in [0.4, 0.5) is 0 Å². The van der Waals surface area contributed by atoms with E-state index in [2.05, 4.69) is 37.7 Å². The molecule has 0 spiro atoms. The van der Waals surface area contributed by atoms with Gasteiger partial charge in [-0.1, -0.05) is 11.6 Å². The van der Waals surface area contributed by atoms with E-state index in [0.717, 1.165) is 21.5 Å². The summed E-state index contributed by atoms with van der Waals surface area (Å²) in [5.41, 5.74) is 1.78. The van der Waals surface area contributed by atoms with E-state index in [1.165, 1.54) is 0 Å². The van der Waals surface area contributed by atoms with Crippen LogP contribution in [-0.2, 0) is 6.54 Å². The highest BCUT2D eigenvalue weighted by atomic mass is 127. The van der Waals surface area contributed by atoms with Gasteiger partial charge in [0, 0.05) is 12.7 Å². The summed E-state index contributed by atoms with van der Waals surface area (Å²) in [5.74, 6) is 0.627. The minimum atomic E-state index is 0.493. The van der Waals surface area contributed by atoms with Crippen LogP contribution in [0.1, 0.15) is 12.6 Å². The minimum absolute atomic E-state index is 0.493. The van der Waals surface area contributed by atoms with Crippen LogP contribution >= 0.6 is 34.2 Å². The first kappa shape index (κ1) is 11.8. The Kier molecular flexibility index (Phi) is 3.44. The Labute approximate surface area is 112 Å². The first-order chi connectivity index (χ1) is 7.63. The maximum absolute atomic E-state index is 6.04. The predicted octanol–water partition coefficient (Wildman–Crippen LogP) is 2.93. The monoisotopic (exact) mass is 348 g/mol. The Bertz CT molecular complexity index is 500. The van der Waals surface area contributed by atoms with Gasteiger partial charge in [-0.3, -0.25) is 4.68 Å². The molecule has 0 saturated carbocycles. The topological polar surface area (TPSA) is 43.6 Å². The summed E-state index contributed by atoms with van der Waals surface area (Å²) in [7, 11) is 0. The van der Waals surface area contributed by atoms with Crippen molar-refractivity contribution < 1.29 is 0 Å². The van der Waals surface area contributed by atoms with Crippen molar-refractivity contribution >= 4 is 34.2 Å². The summed E-state index contributed by atoms with van der Waals surface area (Å²) in [5, 5.41) is 4.68. The average Bonchev–Trinajstić information content (AvgIpc) is 2.73. The van der Waals surface area contributed by atoms with E-state index >= 15 is 0 Å². The molecule has 0 aliphatic carbocycles. The van der Waals surface area contributed by atoms with Crippen LogP contribution in [0, 0.1) is 10.5 Å². The molecule has 2 heterocycles. The number of hydrogen-bond donors (Lipinski definition) is 0. The molecule has 0 aromatic carbocycles. The second-order valence-corrected chi connectivity index (χ2v) is 4.71. The number of halogens is 2. The van der Waals surface area contributed by atoms with Gasteiger partial charge in [-0.05, 0) is 42.5 Å². The molecule has 0 atom stereocenters. The molecule has 16 heavy (non-hydrogen) atoms. The van der Waals surface area contributed by atoms with Crippen LogP contribution in [0.25, 0.3) is 11.5 Å². The van der Waals surface area contributed by atoms with Crippen LogP contribution in [0.3, 0.4) is 0 Å². The summed E-state index contributed by atoms with van der Waals surface area (Å²) < 4.78 is 2.74. The number of nitrogens with zero attached hydrogens (tertiary/aromatic N) is 4. The van der Waals surface area contributed by atoms with Gasteiger partial charge in [-0.2, -0.15) is 5.10 Å². The molecule has 2 aromatic heterocycles. The number of aryl methyl sites for hydroxylation is 2. The molecule has 84 valence electrons. The lowest BCUT2D eigenvalue weighted by atomic mass is 10.3. The zero-order chi connectivity index (χ0) is 11.7. The van der Waals surface area contributed by atoms with Crippen molar-refractivity contribution in [1.29, 1.82) is 0 Å². The Morgan fingerprint density at radius 1 is 1.44 bits per heavy atom. The number of rotatable bonds is 2. The lowest BCUT2D eigenvalue weighted by Crippen LogP contribution is -2.03. The lowest BCUT2D eigenvalue weighted by Gasteiger charge is -2.06. The van der Waals surface area contributed by atoms with Crippen molar-refractivity contribution in [3.63, 3.8) is 0 Å². The van der Waals surface area contributed by atoms with Gasteiger partial charge < -0.3 is 0 Å². The fourth-order valence-electron chi connectivity index (χ4n) is 1.41. The van der Waals surface area contributed by atoms with Gasteiger partial charge in [0.1, 0.15) is 10.8 Å². The first-order valence-electron chi connectivity index (χ1n) is 4.85. The maximum atomic E-state index is 6.04. The Morgan fingerprint density at radius 2 is 2.19 bits per heavy atom. The zero-order valence-electron chi connectivity index (χ0n) is 8.91. The second-order valence-electron chi connectivity index (χ2n) is 3.27. The van der Waals surface area contributed by atoms with E-state index < -0.39 is 0 Å². The summed E-state index contributed by atoms with van der Waals surface area (Å²) >= 11 is 8.19. The Morgan fingerprint density at radius 3 is 2.81 bits per heavy atom. The van der Waals surface area contributed by atoms with Crippen molar-refractivity contribution in [1.82, 2.24) is 19.7 Å². The largest absolute Gasteiger partial charge is 0.262 e. The standard InChI is InChI=1S/C10H10ClIN4/c1-3-16-7(4-5-13-16)10-14-6(2)8(12)9(11)15-10/h4-5H,3H2,1-2H3. The van der Waals surface area contributed by atoms with Crippen molar-refractivity contribution in [3.8, 4) is 11.5 Å². The van der Waals surface area contributed by atoms with Crippen molar-refractivity contribution in [2.24, 2.45) is 0 Å². The van der Waals surface area contributed by atoms with E-state index in [-0.39, 0.29) is 0 Å². The Balaban J connectivity index is 2.57. The molecule has 0 bridgehead atoms. The Hall–Kier alpha value is -0.690. The fourth-order valence-corrected chi connectivity index (χ4v) is 1.87. The molecule has 0 saturated heterocycles. The molecule has 2 aromatic rings. The average molecular weight is 349 g/mol. The van der Waals surface area contributed by atoms with E-state index in [0.29, 0.717) is 11.0 Å². The lowest BCUT2D eigenvalue weighted by molar-refractivity contribution is 0.663. The minimum Gasteiger partial charge on any atom is -0.262 e. The van der Waals surface area contributed by atoms with Gasteiger partial charge in [0.15, 0.2) is 5.82 Å². The molecule has 0 N–H and O–H groups in total. The van der Waals surface area contributed by atoms with E-state index in [1.54, 1.807) is 6.20 Å². The molecule has 0 amide bonds. The molecule has 2 rings (SSSR count). The van der Waals surface area contributed by atoms with E-state index in [1.807, 2.05) is 24.6 Å². The summed E-state index contributed by atoms with van der Waals surface area (Å²) in [6, 6.07) is 1.89. The van der Waals surface area contributed by atoms with Crippen LogP contribution in [-0.4, -0.2) is 19.7 Å². The predicted molar refractivity (Wildman–Crippen MR) is 71.4 cm³/mol. The highest BCUT2D eigenvalue weighted by Gasteiger charge is 2.12. The maximum Gasteiger partial charge on any atom is 0.179 e. The highest BCUT2D eigenvalue weighted by Crippen LogP contribution is 2.23. The molecular formula is C10H10ClIN4. The zero-order valence-corrected chi connectivity index (χ0v) is 11.8. The third-order valence-corrected chi connectivity index (χ3v) is 4.11. The summed E-state index contributed by atoms with van der Waals surface area (Å²) in [6.45, 7) is 4.73. The molecule has 6 heteroatoms. The van der Waals surface area contributed by atoms with Crippen molar-refractivity contribution in [2.75, 3.05) is 0 Å². The second kappa shape index (κ2) is 4.67. The van der Waals surface area contributed by atoms with Gasteiger partial charge in [0.25, 0.3) is 0 Å². The van der Waals surface area contributed by atoms with Crippen molar-refractivity contribution in [3.05, 3.63) is 26.7 Å². The highest BCUT2D eigenvalue weighted by molar-refractivity contribution is 14.1. The molecule has 0 radical (unpaired) electrons. The quantitative estimate of drug-likeness (QED) is 0.619. The first-order valence-corrected chi connectivity index (χ1v) is 6.31. The normalized spacial score (nSPS) is 10.8. The van der Waals surface area contributed by atoms with Crippen LogP contribution < -0.4 is 0 Å². The van der Waals surface area contributed by atoms with Gasteiger partial charge in [0.05, 0.1) is 9.26 Å². The molecular weight excluding hydrogens is 338 g/mol. The van der Waals surface area contributed by atoms with Crippen LogP contribution in [0.15, 0.2) is 12.3 Å². The van der Waals surface area contributed by atoms with Crippen LogP contribution in [0.2, 0.25) is 5.15 Å². The SMILES string of the molecule is CCn1nccc1-c1nc(C)c(I)c(Cl)n1. The van der Waals surface area contributed by atoms with E-state index in [4.69, 9.17) is 11.6 Å². The third kappa shape index (κ3) is 2.06. The molecule has 0 unspecified atom stereocenters. The van der Waals surface area contributed by atoms with Gasteiger partial charge in [-0.25, -0.2) is 9.97 Å². The third-order valence-electron chi connectivity index (χ3n) is 2.22. The fraction of sp³-hybridized carbons (Fsp3) is 0.300. The van der Waals surface area contributed by atoms with E-state index in [9.17, 15) is 0 Å². The molecule has 0 aliphatic rings. The van der Waals surface area contributed by atoms with Gasteiger partial charge in [-0.15, -0.1) is 0 Å². The van der Waals surface area contributed by atoms with Crippen LogP contribution in [0.5, 0.6) is 0 Å². The molecule has 4 nitrogen and oxygen atoms in total. The van der Waals surface area contributed by atoms with Gasteiger partial charge in [0.2, 0.25) is 0 Å². The van der Waals surface area contributed by atoms with Crippen molar-refractivity contribution in [2.45, 2.75) is 20.4 Å². The summed E-state index contributed by atoms with van der Waals surface area (Å²) in [6.07, 6.45) is 1.74. The summed E-state index contributed by atoms with van der Waals surface area (Å²) in [4.78, 5) is 8.69. The molecule has 0 fully saturated rings. The molecule has 0 aliphatic heterocycles. The number of hydrogen-bond acceptors (Lipinski definition) is 3. The van der Waals surface area contributed by atoms with Gasteiger partial charge >= 0.3 is 0 Å². The number of aromatic nitrogens is 4. The smallest absolute Gasteiger partial charge is 0.179 e.